The number of hydrogen-bond acceptors (Lipinski definition) is 5. The Bertz CT molecular complexity index is 545. The van der Waals surface area contributed by atoms with Gasteiger partial charge in [0.25, 0.3) is 0 Å². The van der Waals surface area contributed by atoms with E-state index in [4.69, 9.17) is 9.47 Å². The number of hydrogen-bond donors (Lipinski definition) is 0. The molecule has 1 rings (SSSR count). The van der Waals surface area contributed by atoms with Crippen molar-refractivity contribution in [1.82, 2.24) is 0 Å². The zero-order valence-corrected chi connectivity index (χ0v) is 12.9. The summed E-state index contributed by atoms with van der Waals surface area (Å²) in [7, 11) is -2.28. The van der Waals surface area contributed by atoms with Crippen LogP contribution in [0.2, 0.25) is 0 Å². The molecule has 1 atom stereocenters. The van der Waals surface area contributed by atoms with Gasteiger partial charge in [0.05, 0.1) is 18.6 Å². The minimum Gasteiger partial charge on any atom is -0.497 e. The molecule has 0 aliphatic rings. The molecule has 0 saturated carbocycles. The van der Waals surface area contributed by atoms with Gasteiger partial charge in [0.15, 0.2) is 15.1 Å². The van der Waals surface area contributed by atoms with Gasteiger partial charge in [-0.1, -0.05) is 13.8 Å². The Hall–Kier alpha value is -1.56. The third-order valence-electron chi connectivity index (χ3n) is 2.85. The first kappa shape index (κ1) is 16.5. The van der Waals surface area contributed by atoms with Crippen LogP contribution in [0.15, 0.2) is 29.2 Å². The van der Waals surface area contributed by atoms with Crippen molar-refractivity contribution < 1.29 is 22.7 Å². The molecule has 0 aromatic heterocycles. The fraction of sp³-hybridized carbons (Fsp3) is 0.500. The molecule has 0 saturated heterocycles. The van der Waals surface area contributed by atoms with E-state index in [1.807, 2.05) is 0 Å². The van der Waals surface area contributed by atoms with Crippen molar-refractivity contribution in [3.63, 3.8) is 0 Å². The van der Waals surface area contributed by atoms with Crippen LogP contribution < -0.4 is 4.74 Å². The van der Waals surface area contributed by atoms with Gasteiger partial charge in [-0.2, -0.15) is 0 Å². The van der Waals surface area contributed by atoms with Crippen LogP contribution in [0.3, 0.4) is 0 Å². The van der Waals surface area contributed by atoms with Crippen molar-refractivity contribution in [3.05, 3.63) is 24.3 Å². The monoisotopic (exact) mass is 300 g/mol. The standard InChI is InChI=1S/C14H20O5S/c1-5-19-14(15)13(10(2)3)20(16,17)12-8-6-11(18-4)7-9-12/h6-10,13H,5H2,1-4H3. The van der Waals surface area contributed by atoms with Crippen LogP contribution in [-0.4, -0.2) is 33.4 Å². The lowest BCUT2D eigenvalue weighted by atomic mass is 10.1. The Kier molecular flexibility index (Phi) is 5.56. The molecule has 112 valence electrons. The van der Waals surface area contributed by atoms with Crippen molar-refractivity contribution in [2.75, 3.05) is 13.7 Å². The molecule has 20 heavy (non-hydrogen) atoms. The van der Waals surface area contributed by atoms with Gasteiger partial charge in [0.1, 0.15) is 5.75 Å². The van der Waals surface area contributed by atoms with Crippen molar-refractivity contribution >= 4 is 15.8 Å². The average molecular weight is 300 g/mol. The summed E-state index contributed by atoms with van der Waals surface area (Å²) in [5.74, 6) is -0.527. The van der Waals surface area contributed by atoms with Crippen LogP contribution in [0, 0.1) is 5.92 Å². The SMILES string of the molecule is CCOC(=O)C(C(C)C)S(=O)(=O)c1ccc(OC)cc1. The highest BCUT2D eigenvalue weighted by atomic mass is 32.2. The summed E-state index contributed by atoms with van der Waals surface area (Å²) in [5, 5.41) is -1.20. The summed E-state index contributed by atoms with van der Waals surface area (Å²) in [6.07, 6.45) is 0. The molecular weight excluding hydrogens is 280 g/mol. The maximum Gasteiger partial charge on any atom is 0.324 e. The number of carbonyl (C=O) groups is 1. The summed E-state index contributed by atoms with van der Waals surface area (Å²) >= 11 is 0. The van der Waals surface area contributed by atoms with E-state index in [1.165, 1.54) is 19.2 Å². The largest absolute Gasteiger partial charge is 0.497 e. The predicted molar refractivity (Wildman–Crippen MR) is 75.4 cm³/mol. The molecule has 1 aromatic rings. The first-order valence-corrected chi connectivity index (χ1v) is 7.93. The van der Waals surface area contributed by atoms with Gasteiger partial charge in [-0.25, -0.2) is 8.42 Å². The Labute approximate surface area is 119 Å². The summed E-state index contributed by atoms with van der Waals surface area (Å²) in [6.45, 7) is 5.17. The van der Waals surface area contributed by atoms with Crippen LogP contribution in [0.5, 0.6) is 5.75 Å². The predicted octanol–water partition coefficient (Wildman–Crippen LogP) is 2.06. The Morgan fingerprint density at radius 3 is 2.15 bits per heavy atom. The van der Waals surface area contributed by atoms with Crippen LogP contribution >= 0.6 is 0 Å². The molecule has 0 fully saturated rings. The number of benzene rings is 1. The van der Waals surface area contributed by atoms with Crippen LogP contribution in [-0.2, 0) is 19.4 Å². The molecule has 1 unspecified atom stereocenters. The van der Waals surface area contributed by atoms with E-state index in [2.05, 4.69) is 0 Å². The van der Waals surface area contributed by atoms with E-state index < -0.39 is 21.1 Å². The number of methoxy groups -OCH3 is 1. The highest BCUT2D eigenvalue weighted by Gasteiger charge is 2.37. The van der Waals surface area contributed by atoms with Crippen molar-refractivity contribution in [2.24, 2.45) is 5.92 Å². The number of esters is 1. The van der Waals surface area contributed by atoms with E-state index >= 15 is 0 Å². The second-order valence-corrected chi connectivity index (χ2v) is 6.71. The van der Waals surface area contributed by atoms with Gasteiger partial charge in [-0.05, 0) is 37.1 Å². The molecule has 5 nitrogen and oxygen atoms in total. The molecule has 0 radical (unpaired) electrons. The maximum atomic E-state index is 12.5. The lowest BCUT2D eigenvalue weighted by Gasteiger charge is -2.19. The molecule has 0 heterocycles. The molecular formula is C14H20O5S. The van der Waals surface area contributed by atoms with E-state index in [0.29, 0.717) is 5.75 Å². The normalized spacial score (nSPS) is 13.1. The van der Waals surface area contributed by atoms with Gasteiger partial charge in [0.2, 0.25) is 0 Å². The Morgan fingerprint density at radius 2 is 1.75 bits per heavy atom. The Balaban J connectivity index is 3.18. The Morgan fingerprint density at radius 1 is 1.20 bits per heavy atom. The molecule has 0 N–H and O–H groups in total. The lowest BCUT2D eigenvalue weighted by Crippen LogP contribution is -2.36. The topological polar surface area (TPSA) is 69.7 Å². The lowest BCUT2D eigenvalue weighted by molar-refractivity contribution is -0.143. The molecule has 1 aromatic carbocycles. The fourth-order valence-corrected chi connectivity index (χ4v) is 3.74. The molecule has 0 bridgehead atoms. The first-order valence-electron chi connectivity index (χ1n) is 6.39. The summed E-state index contributed by atoms with van der Waals surface area (Å²) in [4.78, 5) is 12.0. The smallest absolute Gasteiger partial charge is 0.324 e. The van der Waals surface area contributed by atoms with Gasteiger partial charge >= 0.3 is 5.97 Å². The zero-order valence-electron chi connectivity index (χ0n) is 12.1. The van der Waals surface area contributed by atoms with Crippen LogP contribution in [0.4, 0.5) is 0 Å². The van der Waals surface area contributed by atoms with E-state index in [9.17, 15) is 13.2 Å². The number of rotatable bonds is 6. The van der Waals surface area contributed by atoms with Crippen molar-refractivity contribution in [1.29, 1.82) is 0 Å². The summed E-state index contributed by atoms with van der Waals surface area (Å²) in [6, 6.07) is 5.97. The van der Waals surface area contributed by atoms with Gasteiger partial charge < -0.3 is 9.47 Å². The molecule has 6 heteroatoms. The minimum absolute atomic E-state index is 0.0880. The number of ether oxygens (including phenoxy) is 2. The molecule has 0 spiro atoms. The molecule has 0 amide bonds. The second-order valence-electron chi connectivity index (χ2n) is 4.64. The summed E-state index contributed by atoms with van der Waals surface area (Å²) < 4.78 is 35.0. The minimum atomic E-state index is -3.78. The zero-order chi connectivity index (χ0) is 15.3. The number of sulfone groups is 1. The average Bonchev–Trinajstić information content (AvgIpc) is 2.38. The van der Waals surface area contributed by atoms with E-state index in [1.54, 1.807) is 32.9 Å². The van der Waals surface area contributed by atoms with Gasteiger partial charge in [-0.15, -0.1) is 0 Å². The van der Waals surface area contributed by atoms with Gasteiger partial charge in [-0.3, -0.25) is 4.79 Å². The van der Waals surface area contributed by atoms with Crippen molar-refractivity contribution in [3.8, 4) is 5.75 Å². The third-order valence-corrected chi connectivity index (χ3v) is 5.18. The van der Waals surface area contributed by atoms with E-state index in [0.717, 1.165) is 0 Å². The second kappa shape index (κ2) is 6.74. The van der Waals surface area contributed by atoms with E-state index in [-0.39, 0.29) is 17.4 Å². The first-order chi connectivity index (χ1) is 9.34. The highest BCUT2D eigenvalue weighted by molar-refractivity contribution is 7.92. The van der Waals surface area contributed by atoms with Gasteiger partial charge in [0, 0.05) is 0 Å². The fourth-order valence-electron chi connectivity index (χ4n) is 1.89. The van der Waals surface area contributed by atoms with Crippen LogP contribution in [0.1, 0.15) is 20.8 Å². The highest BCUT2D eigenvalue weighted by Crippen LogP contribution is 2.24. The van der Waals surface area contributed by atoms with Crippen LogP contribution in [0.25, 0.3) is 0 Å². The maximum absolute atomic E-state index is 12.5. The van der Waals surface area contributed by atoms with Crippen molar-refractivity contribution in [2.45, 2.75) is 30.9 Å². The third kappa shape index (κ3) is 3.50. The molecule has 0 aliphatic carbocycles. The number of carbonyl (C=O) groups excluding carboxylic acids is 1. The quantitative estimate of drug-likeness (QED) is 0.752. The summed E-state index contributed by atoms with van der Waals surface area (Å²) in [5.41, 5.74) is 0. The molecule has 0 aliphatic heterocycles.